The molecule has 0 aliphatic carbocycles. The third-order valence-corrected chi connectivity index (χ3v) is 5.24. The Kier molecular flexibility index (Phi) is 3.37. The van der Waals surface area contributed by atoms with E-state index in [0.717, 1.165) is 30.0 Å². The Morgan fingerprint density at radius 2 is 2.11 bits per heavy atom. The average molecular weight is 274 g/mol. The minimum atomic E-state index is -0.782. The van der Waals surface area contributed by atoms with Gasteiger partial charge in [-0.3, -0.25) is 0 Å². The summed E-state index contributed by atoms with van der Waals surface area (Å²) in [6.45, 7) is 2.10. The molecule has 2 aromatic rings. The lowest BCUT2D eigenvalue weighted by molar-refractivity contribution is 0.0188. The highest BCUT2D eigenvalue weighted by molar-refractivity contribution is 8.00. The van der Waals surface area contributed by atoms with Crippen molar-refractivity contribution in [3.8, 4) is 5.69 Å². The predicted molar refractivity (Wildman–Crippen MR) is 78.6 cm³/mol. The Balaban J connectivity index is 2.05. The first-order chi connectivity index (χ1) is 9.22. The Hall–Kier alpha value is -1.26. The molecule has 2 atom stereocenters. The zero-order valence-electron chi connectivity index (χ0n) is 11.0. The van der Waals surface area contributed by atoms with Crippen LogP contribution in [0.4, 0.5) is 0 Å². The summed E-state index contributed by atoms with van der Waals surface area (Å²) in [5, 5.41) is 15.6. The van der Waals surface area contributed by atoms with Crippen molar-refractivity contribution in [2.24, 2.45) is 0 Å². The van der Waals surface area contributed by atoms with Crippen LogP contribution in [-0.2, 0) is 5.60 Å². The lowest BCUT2D eigenvalue weighted by atomic mass is 9.90. The summed E-state index contributed by atoms with van der Waals surface area (Å²) >= 11 is 1.84. The highest BCUT2D eigenvalue weighted by Gasteiger charge is 2.40. The molecule has 3 nitrogen and oxygen atoms in total. The van der Waals surface area contributed by atoms with E-state index in [2.05, 4.69) is 12.0 Å². The molecule has 0 saturated carbocycles. The monoisotopic (exact) mass is 274 g/mol. The summed E-state index contributed by atoms with van der Waals surface area (Å²) in [5.74, 6) is 1.13. The Morgan fingerprint density at radius 3 is 2.84 bits per heavy atom. The van der Waals surface area contributed by atoms with Gasteiger partial charge < -0.3 is 5.11 Å². The highest BCUT2D eigenvalue weighted by Crippen LogP contribution is 2.41. The van der Waals surface area contributed by atoms with Crippen LogP contribution in [0.2, 0.25) is 0 Å². The van der Waals surface area contributed by atoms with Crippen LogP contribution < -0.4 is 0 Å². The van der Waals surface area contributed by atoms with Gasteiger partial charge in [0.25, 0.3) is 0 Å². The van der Waals surface area contributed by atoms with Crippen LogP contribution in [0, 0.1) is 0 Å². The summed E-state index contributed by atoms with van der Waals surface area (Å²) in [6.07, 6.45) is 3.62. The predicted octanol–water partition coefficient (Wildman–Crippen LogP) is 2.98. The zero-order chi connectivity index (χ0) is 13.3. The summed E-state index contributed by atoms with van der Waals surface area (Å²) in [5.41, 5.74) is 1.12. The highest BCUT2D eigenvalue weighted by atomic mass is 32.2. The van der Waals surface area contributed by atoms with Crippen molar-refractivity contribution in [2.45, 2.75) is 30.6 Å². The maximum Gasteiger partial charge on any atom is 0.118 e. The number of benzene rings is 1. The molecular weight excluding hydrogens is 256 g/mol. The molecule has 1 aromatic heterocycles. The minimum absolute atomic E-state index is 0.195. The largest absolute Gasteiger partial charge is 0.382 e. The minimum Gasteiger partial charge on any atom is -0.382 e. The summed E-state index contributed by atoms with van der Waals surface area (Å²) in [7, 11) is 0. The third-order valence-electron chi connectivity index (χ3n) is 3.83. The number of nitrogens with zero attached hydrogens (tertiary/aromatic N) is 2. The van der Waals surface area contributed by atoms with E-state index in [1.807, 2.05) is 52.8 Å². The van der Waals surface area contributed by atoms with E-state index in [1.165, 1.54) is 0 Å². The van der Waals surface area contributed by atoms with E-state index in [1.54, 1.807) is 6.20 Å². The lowest BCUT2D eigenvalue weighted by Gasteiger charge is -2.37. The van der Waals surface area contributed by atoms with Crippen LogP contribution in [0.1, 0.15) is 25.5 Å². The lowest BCUT2D eigenvalue weighted by Crippen LogP contribution is -2.40. The van der Waals surface area contributed by atoms with E-state index in [-0.39, 0.29) is 5.25 Å². The number of hydrogen-bond donors (Lipinski definition) is 1. The molecule has 1 aliphatic heterocycles. The van der Waals surface area contributed by atoms with Crippen LogP contribution in [0.25, 0.3) is 5.69 Å². The normalized spacial score (nSPS) is 27.4. The number of aliphatic hydroxyl groups is 1. The maximum absolute atomic E-state index is 11.1. The molecule has 2 heterocycles. The molecule has 19 heavy (non-hydrogen) atoms. The van der Waals surface area contributed by atoms with E-state index >= 15 is 0 Å². The van der Waals surface area contributed by atoms with Crippen LogP contribution >= 0.6 is 11.8 Å². The van der Waals surface area contributed by atoms with Gasteiger partial charge in [0.05, 0.1) is 11.4 Å². The second kappa shape index (κ2) is 5.02. The summed E-state index contributed by atoms with van der Waals surface area (Å²) < 4.78 is 1.86. The fraction of sp³-hybridized carbons (Fsp3) is 0.400. The van der Waals surface area contributed by atoms with Gasteiger partial charge in [-0.15, -0.1) is 0 Å². The first kappa shape index (κ1) is 12.8. The van der Waals surface area contributed by atoms with Crippen LogP contribution in [-0.4, -0.2) is 25.9 Å². The molecule has 2 unspecified atom stereocenters. The molecule has 1 fully saturated rings. The summed E-state index contributed by atoms with van der Waals surface area (Å²) in [4.78, 5) is 0. The quantitative estimate of drug-likeness (QED) is 0.915. The van der Waals surface area contributed by atoms with Crippen molar-refractivity contribution < 1.29 is 5.11 Å². The second-order valence-electron chi connectivity index (χ2n) is 5.00. The van der Waals surface area contributed by atoms with Crippen molar-refractivity contribution in [1.29, 1.82) is 0 Å². The number of hydrogen-bond acceptors (Lipinski definition) is 3. The smallest absolute Gasteiger partial charge is 0.118 e. The maximum atomic E-state index is 11.1. The van der Waals surface area contributed by atoms with Gasteiger partial charge in [0, 0.05) is 11.4 Å². The Bertz CT molecular complexity index is 554. The Labute approximate surface area is 117 Å². The number of aromatic nitrogens is 2. The number of thioether (sulfide) groups is 1. The van der Waals surface area contributed by atoms with Crippen molar-refractivity contribution in [3.05, 3.63) is 48.3 Å². The summed E-state index contributed by atoms with van der Waals surface area (Å²) in [6, 6.07) is 11.9. The van der Waals surface area contributed by atoms with E-state index in [9.17, 15) is 5.11 Å². The van der Waals surface area contributed by atoms with Crippen molar-refractivity contribution in [1.82, 2.24) is 9.78 Å². The zero-order valence-corrected chi connectivity index (χ0v) is 11.8. The van der Waals surface area contributed by atoms with E-state index < -0.39 is 5.60 Å². The molecule has 1 aromatic carbocycles. The molecule has 0 amide bonds. The standard InChI is InChI=1S/C15H18N2OS/c1-12-15(18,9-5-11-19-12)14-8-10-16-17(14)13-6-3-2-4-7-13/h2-4,6-8,10,12,18H,5,9,11H2,1H3. The van der Waals surface area contributed by atoms with Crippen LogP contribution in [0.3, 0.4) is 0 Å². The topological polar surface area (TPSA) is 38.1 Å². The van der Waals surface area contributed by atoms with Crippen molar-refractivity contribution >= 4 is 11.8 Å². The third kappa shape index (κ3) is 2.19. The second-order valence-corrected chi connectivity index (χ2v) is 6.45. The molecular formula is C15H18N2OS. The molecule has 0 spiro atoms. The number of para-hydroxylation sites is 1. The van der Waals surface area contributed by atoms with Crippen molar-refractivity contribution in [2.75, 3.05) is 5.75 Å². The first-order valence-corrected chi connectivity index (χ1v) is 7.70. The fourth-order valence-corrected chi connectivity index (χ4v) is 3.86. The van der Waals surface area contributed by atoms with Gasteiger partial charge in [0.2, 0.25) is 0 Å². The molecule has 0 radical (unpaired) electrons. The van der Waals surface area contributed by atoms with E-state index in [0.29, 0.717) is 0 Å². The fourth-order valence-electron chi connectivity index (χ4n) is 2.69. The van der Waals surface area contributed by atoms with Gasteiger partial charge >= 0.3 is 0 Å². The van der Waals surface area contributed by atoms with Gasteiger partial charge in [-0.05, 0) is 36.8 Å². The van der Waals surface area contributed by atoms with Gasteiger partial charge in [-0.1, -0.05) is 25.1 Å². The molecule has 1 aliphatic rings. The molecule has 4 heteroatoms. The van der Waals surface area contributed by atoms with Crippen LogP contribution in [0.15, 0.2) is 42.6 Å². The molecule has 0 bridgehead atoms. The van der Waals surface area contributed by atoms with Gasteiger partial charge in [0.15, 0.2) is 0 Å². The SMILES string of the molecule is CC1SCCCC1(O)c1ccnn1-c1ccccc1. The molecule has 3 rings (SSSR count). The van der Waals surface area contributed by atoms with Gasteiger partial charge in [-0.25, -0.2) is 4.68 Å². The first-order valence-electron chi connectivity index (χ1n) is 6.66. The van der Waals surface area contributed by atoms with Crippen LogP contribution in [0.5, 0.6) is 0 Å². The number of rotatable bonds is 2. The Morgan fingerprint density at radius 1 is 1.32 bits per heavy atom. The molecule has 1 N–H and O–H groups in total. The van der Waals surface area contributed by atoms with Gasteiger partial charge in [-0.2, -0.15) is 16.9 Å². The molecule has 100 valence electrons. The van der Waals surface area contributed by atoms with Gasteiger partial charge in [0.1, 0.15) is 5.60 Å². The average Bonchev–Trinajstić information content (AvgIpc) is 2.93. The van der Waals surface area contributed by atoms with Crippen molar-refractivity contribution in [3.63, 3.8) is 0 Å². The molecule has 1 saturated heterocycles. The van der Waals surface area contributed by atoms with E-state index in [4.69, 9.17) is 0 Å².